The molecule has 2 unspecified atom stereocenters. The maximum absolute atomic E-state index is 16.1. The molecular weight excluding hydrogens is 1110 g/mol. The molecule has 446 valence electrons. The number of morpholine rings is 1. The third-order valence-corrected chi connectivity index (χ3v) is 15.0. The van der Waals surface area contributed by atoms with Gasteiger partial charge >= 0.3 is 31.1 Å². The number of fused-ring (bicyclic) bond motifs is 2. The summed E-state index contributed by atoms with van der Waals surface area (Å²) in [6, 6.07) is 6.44. The van der Waals surface area contributed by atoms with E-state index >= 15 is 8.78 Å². The van der Waals surface area contributed by atoms with Gasteiger partial charge in [-0.2, -0.15) is 40.2 Å². The maximum Gasteiger partial charge on any atom is 0.407 e. The highest BCUT2D eigenvalue weighted by molar-refractivity contribution is 5.87. The molecule has 4 heterocycles. The van der Waals surface area contributed by atoms with Crippen LogP contribution in [0.4, 0.5) is 59.3 Å². The smallest absolute Gasteiger partial charge is 0.407 e. The van der Waals surface area contributed by atoms with E-state index in [1.807, 2.05) is 22.9 Å². The van der Waals surface area contributed by atoms with E-state index in [0.717, 1.165) is 45.4 Å². The zero-order chi connectivity index (χ0) is 60.1. The van der Waals surface area contributed by atoms with Crippen molar-refractivity contribution in [2.75, 3.05) is 52.0 Å². The van der Waals surface area contributed by atoms with Gasteiger partial charge in [0.15, 0.2) is 0 Å². The number of carbonyl (C=O) groups is 4. The SMILES string of the molecule is COC(=O)N[C@H](C(=O)N[C@@H](Cc1ccc(C#Cc2ccc(N3CC4COCC(C3)N4C3CCC3)nc2)cc1)[C@@H](O)CN(Cc1c(F)cc(-c2ccn(C(F)F)n2)cc1F)NC(=O)[C@@H](NC(=O)OC)C(C)(C)C(F)(F)F)C(C)(C)C(F)(F)F. The van der Waals surface area contributed by atoms with Gasteiger partial charge in [-0.05, 0) is 95.0 Å². The Labute approximate surface area is 465 Å². The van der Waals surface area contributed by atoms with E-state index in [-0.39, 0.29) is 33.6 Å². The van der Waals surface area contributed by atoms with Crippen molar-refractivity contribution in [1.29, 1.82) is 0 Å². The summed E-state index contributed by atoms with van der Waals surface area (Å²) >= 11 is 0. The van der Waals surface area contributed by atoms with Gasteiger partial charge in [-0.3, -0.25) is 19.9 Å². The standard InChI is InChI=1S/C54H62F10N10O8/c1-51(2,53(59,60)61)44(67-49(78)80-5)46(76)66-41(20-31-13-10-30(11-14-31)12-15-32-16-17-43(65-23-32)71-24-35-28-82-29-36(25-71)74(35)34-8-7-9-34)42(75)27-72(70-47(77)45(68-50(79)81-6)52(3,4)54(62,63)64)26-37-38(55)21-33(22-39(37)56)40-18-19-73(69-40)48(57)58/h10-11,13-14,16-19,21-23,34-36,41-42,44-45,48,75H,7-9,20,24-29H2,1-6H3,(H,66,76)(H,67,78)(H,68,79)(H,70,77)/t35?,36?,41-,42-,44+,45+/m0/s1. The van der Waals surface area contributed by atoms with Crippen molar-refractivity contribution in [1.82, 2.24) is 46.0 Å². The summed E-state index contributed by atoms with van der Waals surface area (Å²) in [6.07, 6.45) is -9.94. The van der Waals surface area contributed by atoms with Crippen LogP contribution in [0.15, 0.2) is 67.0 Å². The van der Waals surface area contributed by atoms with Crippen LogP contribution in [0.5, 0.6) is 0 Å². The van der Waals surface area contributed by atoms with Gasteiger partial charge < -0.3 is 40.2 Å². The van der Waals surface area contributed by atoms with E-state index in [1.54, 1.807) is 23.6 Å². The van der Waals surface area contributed by atoms with Gasteiger partial charge in [0.1, 0.15) is 29.5 Å². The Morgan fingerprint density at radius 2 is 1.33 bits per heavy atom. The third-order valence-electron chi connectivity index (χ3n) is 15.0. The number of aromatic nitrogens is 3. The average Bonchev–Trinajstić information content (AvgIpc) is 4.04. The number of methoxy groups -OCH3 is 2. The number of halogens is 10. The Bertz CT molecular complexity index is 2930. The molecule has 2 bridgehead atoms. The van der Waals surface area contributed by atoms with Gasteiger partial charge in [0.2, 0.25) is 5.91 Å². The fourth-order valence-corrected chi connectivity index (χ4v) is 9.72. The van der Waals surface area contributed by atoms with Crippen LogP contribution in [-0.4, -0.2) is 156 Å². The zero-order valence-corrected chi connectivity index (χ0v) is 45.3. The number of ether oxygens (including phenoxy) is 3. The number of carbonyl (C=O) groups excluding carboxylic acids is 4. The van der Waals surface area contributed by atoms with Gasteiger partial charge in [-0.25, -0.2) is 33.0 Å². The van der Waals surface area contributed by atoms with Crippen molar-refractivity contribution in [3.8, 4) is 23.1 Å². The molecule has 1 saturated carbocycles. The second-order valence-electron chi connectivity index (χ2n) is 21.3. The molecular formula is C54H62F10N10O8. The lowest BCUT2D eigenvalue weighted by Gasteiger charge is -2.55. The monoisotopic (exact) mass is 1170 g/mol. The number of anilines is 1. The number of alkyl halides is 8. The molecule has 1 aliphatic carbocycles. The lowest BCUT2D eigenvalue weighted by molar-refractivity contribution is -0.221. The molecule has 0 radical (unpaired) electrons. The number of rotatable bonds is 19. The van der Waals surface area contributed by atoms with Crippen LogP contribution in [0, 0.1) is 34.3 Å². The number of piperazine rings is 1. The van der Waals surface area contributed by atoms with Crippen molar-refractivity contribution in [3.05, 3.63) is 101 Å². The summed E-state index contributed by atoms with van der Waals surface area (Å²) < 4.78 is 161. The first-order valence-electron chi connectivity index (χ1n) is 25.9. The van der Waals surface area contributed by atoms with Crippen LogP contribution in [0.2, 0.25) is 0 Å². The van der Waals surface area contributed by atoms with E-state index in [9.17, 15) is 59.4 Å². The molecule has 28 heteroatoms. The molecule has 2 saturated heterocycles. The van der Waals surface area contributed by atoms with E-state index in [1.165, 1.54) is 31.4 Å². The van der Waals surface area contributed by atoms with Gasteiger partial charge in [-0.15, -0.1) is 0 Å². The zero-order valence-electron chi connectivity index (χ0n) is 45.3. The maximum atomic E-state index is 16.1. The third kappa shape index (κ3) is 14.5. The number of amides is 4. The second-order valence-corrected chi connectivity index (χ2v) is 21.3. The average molecular weight is 1170 g/mol. The molecule has 2 aromatic carbocycles. The highest BCUT2D eigenvalue weighted by Crippen LogP contribution is 2.42. The van der Waals surface area contributed by atoms with Crippen LogP contribution >= 0.6 is 0 Å². The molecule has 7 rings (SSSR count). The largest absolute Gasteiger partial charge is 0.453 e. The Morgan fingerprint density at radius 1 is 0.780 bits per heavy atom. The van der Waals surface area contributed by atoms with Crippen LogP contribution < -0.4 is 26.3 Å². The minimum atomic E-state index is -5.23. The molecule has 4 aromatic rings. The number of hydrogen-bond acceptors (Lipinski definition) is 13. The summed E-state index contributed by atoms with van der Waals surface area (Å²) in [4.78, 5) is 62.5. The number of benzene rings is 2. The molecule has 3 aliphatic rings. The Balaban J connectivity index is 1.18. The lowest BCUT2D eigenvalue weighted by Crippen LogP contribution is -2.68. The Morgan fingerprint density at radius 3 is 1.82 bits per heavy atom. The summed E-state index contributed by atoms with van der Waals surface area (Å²) in [6.45, 7) is -0.292. The number of alkyl carbamates (subject to hydrolysis) is 2. The number of aliphatic hydroxyl groups is 1. The molecule has 6 atom stereocenters. The first kappa shape index (κ1) is 62.4. The van der Waals surface area contributed by atoms with E-state index in [4.69, 9.17) is 4.74 Å². The minimum absolute atomic E-state index is 0.199. The highest BCUT2D eigenvalue weighted by atomic mass is 19.4. The quantitative estimate of drug-likeness (QED) is 0.0365. The van der Waals surface area contributed by atoms with Gasteiger partial charge in [0.05, 0.1) is 68.2 Å². The Kier molecular flexibility index (Phi) is 19.4. The van der Waals surface area contributed by atoms with Crippen LogP contribution in [0.25, 0.3) is 11.3 Å². The van der Waals surface area contributed by atoms with E-state index in [0.29, 0.717) is 75.2 Å². The first-order valence-corrected chi connectivity index (χ1v) is 25.9. The van der Waals surface area contributed by atoms with Crippen molar-refractivity contribution < 1.29 is 82.4 Å². The van der Waals surface area contributed by atoms with Crippen molar-refractivity contribution >= 4 is 29.8 Å². The lowest BCUT2D eigenvalue weighted by atomic mass is 9.82. The van der Waals surface area contributed by atoms with E-state index in [2.05, 4.69) is 46.5 Å². The van der Waals surface area contributed by atoms with Gasteiger partial charge in [0, 0.05) is 66.9 Å². The fraction of sp³-hybridized carbons (Fsp3) is 0.519. The summed E-state index contributed by atoms with van der Waals surface area (Å²) in [7, 11) is 1.60. The predicted octanol–water partition coefficient (Wildman–Crippen LogP) is 7.01. The molecule has 82 heavy (non-hydrogen) atoms. The van der Waals surface area contributed by atoms with Crippen molar-refractivity contribution in [3.63, 3.8) is 0 Å². The fourth-order valence-electron chi connectivity index (χ4n) is 9.72. The normalized spacial score (nSPS) is 18.5. The Hall–Kier alpha value is -7.22. The minimum Gasteiger partial charge on any atom is -0.453 e. The van der Waals surface area contributed by atoms with Crippen molar-refractivity contribution in [2.45, 2.75) is 121 Å². The number of hydrogen-bond donors (Lipinski definition) is 5. The molecule has 18 nitrogen and oxygen atoms in total. The van der Waals surface area contributed by atoms with Gasteiger partial charge in [-0.1, -0.05) is 30.4 Å². The topological polar surface area (TPSA) is 205 Å². The molecule has 2 aliphatic heterocycles. The molecule has 2 aromatic heterocycles. The number of nitrogens with one attached hydrogen (secondary N) is 4. The number of pyridine rings is 1. The summed E-state index contributed by atoms with van der Waals surface area (Å²) in [5.74, 6) is 0.772. The molecule has 0 spiro atoms. The highest BCUT2D eigenvalue weighted by Gasteiger charge is 2.57. The van der Waals surface area contributed by atoms with Gasteiger partial charge in [0.25, 0.3) is 5.91 Å². The number of hydrazine groups is 1. The van der Waals surface area contributed by atoms with Crippen LogP contribution in [0.3, 0.4) is 0 Å². The molecule has 4 amide bonds. The summed E-state index contributed by atoms with van der Waals surface area (Å²) in [5, 5.41) is 22.1. The molecule has 3 fully saturated rings. The predicted molar refractivity (Wildman–Crippen MR) is 274 cm³/mol. The molecule has 5 N–H and O–H groups in total. The van der Waals surface area contributed by atoms with E-state index < -0.39 is 115 Å². The number of nitrogens with zero attached hydrogens (tertiary/aromatic N) is 6. The van der Waals surface area contributed by atoms with Crippen LogP contribution in [0.1, 0.15) is 75.8 Å². The van der Waals surface area contributed by atoms with Crippen molar-refractivity contribution in [2.24, 2.45) is 10.8 Å². The number of aliphatic hydroxyl groups excluding tert-OH is 1. The second kappa shape index (κ2) is 25.5. The first-order chi connectivity index (χ1) is 38.5. The summed E-state index contributed by atoms with van der Waals surface area (Å²) in [5.41, 5.74) is -4.43. The van der Waals surface area contributed by atoms with Crippen LogP contribution in [-0.2, 0) is 36.8 Å².